The Morgan fingerprint density at radius 1 is 1.12 bits per heavy atom. The summed E-state index contributed by atoms with van der Waals surface area (Å²) in [5.41, 5.74) is 1.56. The van der Waals surface area contributed by atoms with Crippen molar-refractivity contribution in [1.29, 1.82) is 0 Å². The quantitative estimate of drug-likeness (QED) is 0.550. The molecule has 25 heavy (non-hydrogen) atoms. The number of rotatable bonds is 5. The lowest BCUT2D eigenvalue weighted by Crippen LogP contribution is -2.12. The molecule has 0 spiro atoms. The van der Waals surface area contributed by atoms with Crippen molar-refractivity contribution in [3.05, 3.63) is 54.6 Å². The van der Waals surface area contributed by atoms with Crippen LogP contribution in [0.25, 0.3) is 17.1 Å². The van der Waals surface area contributed by atoms with E-state index in [1.807, 2.05) is 30.3 Å². The zero-order valence-electron chi connectivity index (χ0n) is 13.0. The normalized spacial score (nSPS) is 11.2. The number of terminal acetylenes is 1. The minimum absolute atomic E-state index is 0.0413. The van der Waals surface area contributed by atoms with Crippen LogP contribution in [0.2, 0.25) is 0 Å². The highest BCUT2D eigenvalue weighted by Crippen LogP contribution is 2.25. The molecule has 8 heteroatoms. The Labute approximate surface area is 150 Å². The summed E-state index contributed by atoms with van der Waals surface area (Å²) < 4.78 is 24.5. The van der Waals surface area contributed by atoms with Gasteiger partial charge in [-0.25, -0.2) is 23.2 Å². The number of primary sulfonamides is 1. The van der Waals surface area contributed by atoms with Gasteiger partial charge in [0.25, 0.3) is 0 Å². The summed E-state index contributed by atoms with van der Waals surface area (Å²) in [7, 11) is -3.74. The maximum absolute atomic E-state index is 11.4. The van der Waals surface area contributed by atoms with Crippen LogP contribution in [0.15, 0.2) is 64.6 Å². The molecule has 1 aromatic heterocycles. The van der Waals surface area contributed by atoms with E-state index < -0.39 is 10.0 Å². The predicted octanol–water partition coefficient (Wildman–Crippen LogP) is 2.31. The van der Waals surface area contributed by atoms with Crippen molar-refractivity contribution < 1.29 is 8.42 Å². The van der Waals surface area contributed by atoms with Gasteiger partial charge in [-0.2, -0.15) is 0 Å². The smallest absolute Gasteiger partial charge is 0.225 e. The molecular weight excluding hydrogens is 356 g/mol. The molecule has 0 fully saturated rings. The summed E-state index contributed by atoms with van der Waals surface area (Å²) in [6.07, 6.45) is 5.30. The molecule has 6 nitrogen and oxygen atoms in total. The van der Waals surface area contributed by atoms with E-state index in [4.69, 9.17) is 11.6 Å². The van der Waals surface area contributed by atoms with Crippen molar-refractivity contribution in [2.45, 2.75) is 10.1 Å². The first-order valence-corrected chi connectivity index (χ1v) is 9.74. The number of nitrogens with two attached hydrogens (primary N) is 1. The molecule has 0 bridgehead atoms. The summed E-state index contributed by atoms with van der Waals surface area (Å²) in [6.45, 7) is 0. The third kappa shape index (κ3) is 3.91. The van der Waals surface area contributed by atoms with Gasteiger partial charge < -0.3 is 0 Å². The number of aromatic nitrogens is 3. The Balaban J connectivity index is 2.08. The Bertz CT molecular complexity index is 1020. The first-order valence-electron chi connectivity index (χ1n) is 7.21. The summed E-state index contributed by atoms with van der Waals surface area (Å²) in [5, 5.41) is 10.2. The van der Waals surface area contributed by atoms with Gasteiger partial charge in [0.1, 0.15) is 0 Å². The largest absolute Gasteiger partial charge is 0.238 e. The molecule has 126 valence electrons. The van der Waals surface area contributed by atoms with Crippen LogP contribution in [0.1, 0.15) is 0 Å². The predicted molar refractivity (Wildman–Crippen MR) is 97.7 cm³/mol. The zero-order valence-corrected chi connectivity index (χ0v) is 14.7. The van der Waals surface area contributed by atoms with Crippen molar-refractivity contribution in [2.24, 2.45) is 5.14 Å². The molecule has 3 aromatic rings. The first kappa shape index (κ1) is 17.2. The molecule has 0 saturated heterocycles. The van der Waals surface area contributed by atoms with Crippen LogP contribution in [0.5, 0.6) is 0 Å². The second kappa shape index (κ2) is 7.11. The summed E-state index contributed by atoms with van der Waals surface area (Å²) in [5.74, 6) is 3.64. The van der Waals surface area contributed by atoms with Gasteiger partial charge in [-0.1, -0.05) is 48.0 Å². The van der Waals surface area contributed by atoms with Crippen LogP contribution in [0.4, 0.5) is 0 Å². The van der Waals surface area contributed by atoms with E-state index in [9.17, 15) is 8.42 Å². The van der Waals surface area contributed by atoms with Gasteiger partial charge in [0.05, 0.1) is 16.3 Å². The number of thioether (sulfide) groups is 1. The maximum atomic E-state index is 11.4. The molecule has 0 aliphatic heterocycles. The number of benzene rings is 2. The van der Waals surface area contributed by atoms with Crippen molar-refractivity contribution >= 4 is 21.8 Å². The second-order valence-electron chi connectivity index (χ2n) is 5.03. The topological polar surface area (TPSA) is 90.9 Å². The minimum Gasteiger partial charge on any atom is -0.225 e. The standard InChI is InChI=1S/C17H14N4O2S2/c1-2-12-24-17-19-16(13-6-4-3-5-7-13)21(20-17)14-8-10-15(11-9-14)25(18,22)23/h1,3-11H,12H2,(H2,18,22,23). The number of hydrogen-bond donors (Lipinski definition) is 1. The van der Waals surface area contributed by atoms with Gasteiger partial charge >= 0.3 is 0 Å². The van der Waals surface area contributed by atoms with Crippen LogP contribution in [-0.4, -0.2) is 28.9 Å². The van der Waals surface area contributed by atoms with E-state index >= 15 is 0 Å². The highest BCUT2D eigenvalue weighted by molar-refractivity contribution is 7.99. The Kier molecular flexibility index (Phi) is 4.90. The third-order valence-electron chi connectivity index (χ3n) is 3.31. The average Bonchev–Trinajstić information content (AvgIpc) is 3.04. The molecule has 0 aliphatic carbocycles. The monoisotopic (exact) mass is 370 g/mol. The molecule has 0 unspecified atom stereocenters. The molecule has 0 aliphatic rings. The lowest BCUT2D eigenvalue weighted by Gasteiger charge is -2.06. The first-order chi connectivity index (χ1) is 12.0. The fraction of sp³-hybridized carbons (Fsp3) is 0.0588. The second-order valence-corrected chi connectivity index (χ2v) is 7.53. The minimum atomic E-state index is -3.74. The molecule has 3 rings (SSSR count). The Morgan fingerprint density at radius 2 is 1.80 bits per heavy atom. The molecule has 2 N–H and O–H groups in total. The lowest BCUT2D eigenvalue weighted by atomic mass is 10.2. The van der Waals surface area contributed by atoms with Gasteiger partial charge in [-0.15, -0.1) is 11.5 Å². The molecule has 0 radical (unpaired) electrons. The van der Waals surface area contributed by atoms with E-state index in [-0.39, 0.29) is 4.90 Å². The Hall–Kier alpha value is -2.60. The van der Waals surface area contributed by atoms with Crippen LogP contribution in [0.3, 0.4) is 0 Å². The fourth-order valence-corrected chi connectivity index (χ4v) is 3.21. The third-order valence-corrected chi connectivity index (χ3v) is 4.99. The highest BCUT2D eigenvalue weighted by atomic mass is 32.2. The summed E-state index contributed by atoms with van der Waals surface area (Å²) in [6, 6.07) is 15.7. The highest BCUT2D eigenvalue weighted by Gasteiger charge is 2.15. The van der Waals surface area contributed by atoms with Crippen molar-refractivity contribution in [1.82, 2.24) is 14.8 Å². The van der Waals surface area contributed by atoms with E-state index in [0.717, 1.165) is 5.56 Å². The van der Waals surface area contributed by atoms with E-state index in [1.165, 1.54) is 23.9 Å². The van der Waals surface area contributed by atoms with Gasteiger partial charge in [-0.05, 0) is 24.3 Å². The van der Waals surface area contributed by atoms with Crippen LogP contribution in [0, 0.1) is 12.3 Å². The van der Waals surface area contributed by atoms with Crippen molar-refractivity contribution in [2.75, 3.05) is 5.75 Å². The van der Waals surface area contributed by atoms with Crippen LogP contribution in [-0.2, 0) is 10.0 Å². The molecule has 1 heterocycles. The molecular formula is C17H14N4O2S2. The number of hydrogen-bond acceptors (Lipinski definition) is 5. The van der Waals surface area contributed by atoms with Gasteiger partial charge in [0, 0.05) is 5.56 Å². The van der Waals surface area contributed by atoms with Crippen LogP contribution < -0.4 is 5.14 Å². The summed E-state index contributed by atoms with van der Waals surface area (Å²) in [4.78, 5) is 4.58. The van der Waals surface area contributed by atoms with E-state index in [0.29, 0.717) is 22.4 Å². The van der Waals surface area contributed by atoms with Crippen LogP contribution >= 0.6 is 11.8 Å². The number of sulfonamides is 1. The molecule has 0 saturated carbocycles. The average molecular weight is 370 g/mol. The van der Waals surface area contributed by atoms with Crippen molar-refractivity contribution in [3.63, 3.8) is 0 Å². The molecule has 0 atom stereocenters. The van der Waals surface area contributed by atoms with E-state index in [2.05, 4.69) is 16.0 Å². The van der Waals surface area contributed by atoms with Gasteiger partial charge in [0.15, 0.2) is 5.82 Å². The lowest BCUT2D eigenvalue weighted by molar-refractivity contribution is 0.598. The number of nitrogens with zero attached hydrogens (tertiary/aromatic N) is 3. The zero-order chi connectivity index (χ0) is 17.9. The SMILES string of the molecule is C#CCSc1nc(-c2ccccc2)n(-c2ccc(S(N)(=O)=O)cc2)n1. The van der Waals surface area contributed by atoms with Gasteiger partial charge in [0.2, 0.25) is 15.2 Å². The van der Waals surface area contributed by atoms with E-state index in [1.54, 1.807) is 16.8 Å². The molecule has 0 amide bonds. The van der Waals surface area contributed by atoms with Gasteiger partial charge in [-0.3, -0.25) is 0 Å². The maximum Gasteiger partial charge on any atom is 0.238 e. The fourth-order valence-electron chi connectivity index (χ4n) is 2.19. The molecule has 2 aromatic carbocycles. The Morgan fingerprint density at radius 3 is 2.40 bits per heavy atom. The van der Waals surface area contributed by atoms with Crippen molar-refractivity contribution in [3.8, 4) is 29.4 Å². The summed E-state index contributed by atoms with van der Waals surface area (Å²) >= 11 is 1.36.